The summed E-state index contributed by atoms with van der Waals surface area (Å²) >= 11 is -0.680. The molecule has 0 aliphatic carbocycles. The molecule has 0 unspecified atom stereocenters. The van der Waals surface area contributed by atoms with E-state index in [0.717, 1.165) is 0 Å². The fraction of sp³-hybridized carbons (Fsp3) is 0.818. The molecule has 2 heteroatoms. The van der Waals surface area contributed by atoms with Gasteiger partial charge < -0.3 is 17.0 Å². The molecule has 0 aromatic rings. The smallest absolute Gasteiger partial charge is 1.00 e. The first-order chi connectivity index (χ1) is 5.85. The molecule has 0 heterocycles. The molecule has 0 radical (unpaired) electrons. The molecule has 0 aliphatic heterocycles. The van der Waals surface area contributed by atoms with Gasteiger partial charge in [0.15, 0.2) is 0 Å². The van der Waals surface area contributed by atoms with Crippen molar-refractivity contribution >= 4 is 19.6 Å². The minimum absolute atomic E-state index is 0. The van der Waals surface area contributed by atoms with E-state index in [4.69, 9.17) is 0 Å². The maximum Gasteiger partial charge on any atom is -1.00 e. The molecule has 13 heavy (non-hydrogen) atoms. The summed E-state index contributed by atoms with van der Waals surface area (Å²) in [5, 5.41) is 0. The Morgan fingerprint density at radius 2 is 1.54 bits per heavy atom. The van der Waals surface area contributed by atoms with Crippen LogP contribution in [0.25, 0.3) is 0 Å². The van der Waals surface area contributed by atoms with Crippen LogP contribution in [0.4, 0.5) is 0 Å². The standard InChI is InChI=1S/C11H23Te.BrH/c1-4-7-10-12(9-6-3)11-8-5-2;/h6H,3-5,7-11H2,1-2H3;1H/q+1;/p-1. The number of hydrogen-bond acceptors (Lipinski definition) is 0. The Kier molecular flexibility index (Phi) is 16.5. The van der Waals surface area contributed by atoms with Crippen molar-refractivity contribution in [3.8, 4) is 0 Å². The van der Waals surface area contributed by atoms with Gasteiger partial charge in [0, 0.05) is 0 Å². The van der Waals surface area contributed by atoms with Crippen molar-refractivity contribution in [3.05, 3.63) is 12.7 Å². The second kappa shape index (κ2) is 13.0. The van der Waals surface area contributed by atoms with Crippen LogP contribution in [0.1, 0.15) is 39.5 Å². The molecule has 0 saturated heterocycles. The molecule has 0 spiro atoms. The van der Waals surface area contributed by atoms with Crippen LogP contribution in [0.3, 0.4) is 0 Å². The number of halogens is 1. The first kappa shape index (κ1) is 16.4. The van der Waals surface area contributed by atoms with Crippen molar-refractivity contribution in [1.29, 1.82) is 0 Å². The minimum atomic E-state index is -0.680. The summed E-state index contributed by atoms with van der Waals surface area (Å²) in [5.74, 6) is 0. The molecule has 0 aromatic carbocycles. The molecule has 0 nitrogen and oxygen atoms in total. The van der Waals surface area contributed by atoms with Crippen molar-refractivity contribution in [2.24, 2.45) is 0 Å². The quantitative estimate of drug-likeness (QED) is 0.451. The topological polar surface area (TPSA) is 0 Å². The van der Waals surface area contributed by atoms with Gasteiger partial charge in [0.25, 0.3) is 0 Å². The first-order valence-corrected chi connectivity index (χ1v) is 10.0. The van der Waals surface area contributed by atoms with Crippen molar-refractivity contribution < 1.29 is 17.0 Å². The normalized spacial score (nSPS) is 9.77. The number of rotatable bonds is 8. The van der Waals surface area contributed by atoms with Crippen molar-refractivity contribution in [2.45, 2.75) is 52.9 Å². The maximum atomic E-state index is 3.86. The molecule has 0 rings (SSSR count). The van der Waals surface area contributed by atoms with Crippen molar-refractivity contribution in [2.75, 3.05) is 0 Å². The van der Waals surface area contributed by atoms with Gasteiger partial charge in [0.2, 0.25) is 0 Å². The monoisotopic (exact) mass is 364 g/mol. The Bertz CT molecular complexity index is 96.3. The van der Waals surface area contributed by atoms with Crippen LogP contribution in [0.2, 0.25) is 13.4 Å². The summed E-state index contributed by atoms with van der Waals surface area (Å²) < 4.78 is 4.54. The van der Waals surface area contributed by atoms with Gasteiger partial charge in [-0.25, -0.2) is 0 Å². The van der Waals surface area contributed by atoms with E-state index in [2.05, 4.69) is 26.5 Å². The van der Waals surface area contributed by atoms with Crippen LogP contribution < -0.4 is 17.0 Å². The third-order valence-corrected chi connectivity index (χ3v) is 8.89. The summed E-state index contributed by atoms with van der Waals surface area (Å²) in [6.45, 7) is 8.45. The van der Waals surface area contributed by atoms with E-state index in [9.17, 15) is 0 Å². The van der Waals surface area contributed by atoms with Gasteiger partial charge >= 0.3 is 85.1 Å². The minimum Gasteiger partial charge on any atom is -1.00 e. The second-order valence-corrected chi connectivity index (χ2v) is 9.96. The summed E-state index contributed by atoms with van der Waals surface area (Å²) in [5.41, 5.74) is 0. The third kappa shape index (κ3) is 10.9. The van der Waals surface area contributed by atoms with Gasteiger partial charge in [0.05, 0.1) is 0 Å². The van der Waals surface area contributed by atoms with E-state index >= 15 is 0 Å². The molecular formula is C11H23BrTe. The average Bonchev–Trinajstić information content (AvgIpc) is 2.10. The molecular weight excluding hydrogens is 340 g/mol. The molecule has 0 amide bonds. The number of hydrogen-bond donors (Lipinski definition) is 0. The number of unbranched alkanes of at least 4 members (excludes halogenated alkanes) is 2. The van der Waals surface area contributed by atoms with E-state index in [-0.39, 0.29) is 17.0 Å². The maximum absolute atomic E-state index is 3.86. The molecule has 0 fully saturated rings. The molecule has 0 N–H and O–H groups in total. The Labute approximate surface area is 102 Å². The van der Waals surface area contributed by atoms with Crippen molar-refractivity contribution in [3.63, 3.8) is 0 Å². The van der Waals surface area contributed by atoms with E-state index in [0.29, 0.717) is 0 Å². The van der Waals surface area contributed by atoms with Gasteiger partial charge in [-0.2, -0.15) is 0 Å². The van der Waals surface area contributed by atoms with E-state index in [1.54, 1.807) is 8.94 Å². The van der Waals surface area contributed by atoms with Crippen LogP contribution in [-0.2, 0) is 0 Å². The van der Waals surface area contributed by atoms with E-state index < -0.39 is 19.6 Å². The third-order valence-electron chi connectivity index (χ3n) is 1.93. The largest absolute Gasteiger partial charge is 1.00 e. The fourth-order valence-electron chi connectivity index (χ4n) is 1.13. The summed E-state index contributed by atoms with van der Waals surface area (Å²) in [4.78, 5) is 0. The van der Waals surface area contributed by atoms with Crippen LogP contribution in [0.15, 0.2) is 12.7 Å². The Morgan fingerprint density at radius 1 is 1.08 bits per heavy atom. The molecule has 0 aliphatic rings. The summed E-state index contributed by atoms with van der Waals surface area (Å²) in [6, 6.07) is 0. The van der Waals surface area contributed by atoms with Crippen LogP contribution in [0, 0.1) is 0 Å². The first-order valence-electron chi connectivity index (χ1n) is 5.10. The van der Waals surface area contributed by atoms with E-state index in [1.165, 1.54) is 30.2 Å². The second-order valence-electron chi connectivity index (χ2n) is 3.18. The summed E-state index contributed by atoms with van der Waals surface area (Å²) in [6.07, 6.45) is 7.84. The fourth-order valence-corrected chi connectivity index (χ4v) is 7.60. The van der Waals surface area contributed by atoms with Gasteiger partial charge in [0.1, 0.15) is 0 Å². The van der Waals surface area contributed by atoms with Gasteiger partial charge in [-0.3, -0.25) is 0 Å². The Hall–Kier alpha value is 1.01. The van der Waals surface area contributed by atoms with Crippen LogP contribution >= 0.6 is 0 Å². The Morgan fingerprint density at radius 3 is 1.85 bits per heavy atom. The molecule has 0 aromatic heterocycles. The van der Waals surface area contributed by atoms with Gasteiger partial charge in [-0.05, 0) is 0 Å². The van der Waals surface area contributed by atoms with Crippen LogP contribution in [-0.4, -0.2) is 19.6 Å². The zero-order valence-electron chi connectivity index (χ0n) is 9.02. The van der Waals surface area contributed by atoms with Gasteiger partial charge in [-0.15, -0.1) is 0 Å². The Balaban J connectivity index is 0. The molecule has 0 saturated carbocycles. The zero-order valence-corrected chi connectivity index (χ0v) is 12.9. The number of allylic oxidation sites excluding steroid dienone is 1. The summed E-state index contributed by atoms with van der Waals surface area (Å²) in [7, 11) is 0. The average molecular weight is 363 g/mol. The molecule has 0 atom stereocenters. The van der Waals surface area contributed by atoms with Crippen LogP contribution in [0.5, 0.6) is 0 Å². The van der Waals surface area contributed by atoms with Crippen molar-refractivity contribution in [1.82, 2.24) is 0 Å². The SMILES string of the molecule is C=CC[Te+](CCCC)CCCC.[Br-]. The molecule has 0 bridgehead atoms. The predicted octanol–water partition coefficient (Wildman–Crippen LogP) is 1.27. The zero-order chi connectivity index (χ0) is 9.23. The van der Waals surface area contributed by atoms with E-state index in [1.807, 2.05) is 0 Å². The predicted molar refractivity (Wildman–Crippen MR) is 60.2 cm³/mol. The van der Waals surface area contributed by atoms with Gasteiger partial charge in [-0.1, -0.05) is 0 Å². The molecule has 80 valence electrons.